The van der Waals surface area contributed by atoms with Crippen LogP contribution < -0.4 is 5.30 Å². The summed E-state index contributed by atoms with van der Waals surface area (Å²) in [6, 6.07) is 1.79. The number of nitriles is 1. The van der Waals surface area contributed by atoms with Gasteiger partial charge in [-0.3, -0.25) is 0 Å². The summed E-state index contributed by atoms with van der Waals surface area (Å²) in [6.45, 7) is 3.27. The van der Waals surface area contributed by atoms with Crippen LogP contribution in [0.2, 0.25) is 0 Å². The number of hydrogen-bond acceptors (Lipinski definition) is 4. The second-order valence-corrected chi connectivity index (χ2v) is 5.95. The van der Waals surface area contributed by atoms with Crippen molar-refractivity contribution < 1.29 is 4.57 Å². The van der Waals surface area contributed by atoms with Gasteiger partial charge in [0.15, 0.2) is 0 Å². The van der Waals surface area contributed by atoms with E-state index in [9.17, 15) is 4.57 Å². The van der Waals surface area contributed by atoms with Crippen LogP contribution in [0.25, 0.3) is 0 Å². The molecule has 1 aromatic heterocycles. The molecule has 1 rings (SSSR count). The number of rotatable bonds is 1. The quantitative estimate of drug-likeness (QED) is 0.595. The first-order valence-electron chi connectivity index (χ1n) is 3.32. The van der Waals surface area contributed by atoms with Gasteiger partial charge in [-0.05, 0) is 13.3 Å². The van der Waals surface area contributed by atoms with E-state index in [2.05, 4.69) is 9.97 Å². The molecule has 0 unspecified atom stereocenters. The lowest BCUT2D eigenvalue weighted by molar-refractivity contribution is 0.588. The van der Waals surface area contributed by atoms with Gasteiger partial charge in [-0.25, -0.2) is 9.97 Å². The van der Waals surface area contributed by atoms with Crippen molar-refractivity contribution in [1.82, 2.24) is 9.97 Å². The van der Waals surface area contributed by atoms with Gasteiger partial charge < -0.3 is 4.57 Å². The Bertz CT molecular complexity index is 359. The van der Waals surface area contributed by atoms with Crippen molar-refractivity contribution in [2.24, 2.45) is 0 Å². The van der Waals surface area contributed by atoms with Crippen LogP contribution in [-0.4, -0.2) is 23.3 Å². The molecule has 1 heterocycles. The largest absolute Gasteiger partial charge is 0.319 e. The average Bonchev–Trinajstić information content (AvgIpc) is 2.03. The van der Waals surface area contributed by atoms with Crippen molar-refractivity contribution in [3.05, 3.63) is 18.2 Å². The number of nitrogens with zero attached hydrogens (tertiary/aromatic N) is 3. The Balaban J connectivity index is 3.11. The molecule has 0 fully saturated rings. The number of hydrogen-bond donors (Lipinski definition) is 0. The molecule has 0 aliphatic heterocycles. The third-order valence-corrected chi connectivity index (χ3v) is 2.83. The Hall–Kier alpha value is -1.20. The van der Waals surface area contributed by atoms with Gasteiger partial charge in [-0.2, -0.15) is 5.26 Å². The minimum Gasteiger partial charge on any atom is -0.319 e. The van der Waals surface area contributed by atoms with Crippen molar-refractivity contribution >= 4 is 12.4 Å². The Morgan fingerprint density at radius 3 is 2.25 bits per heavy atom. The van der Waals surface area contributed by atoms with Crippen LogP contribution in [0.15, 0.2) is 12.4 Å². The predicted molar refractivity (Wildman–Crippen MR) is 45.8 cm³/mol. The van der Waals surface area contributed by atoms with E-state index in [1.807, 2.05) is 0 Å². The Labute approximate surface area is 70.6 Å². The van der Waals surface area contributed by atoms with Crippen LogP contribution in [0.3, 0.4) is 0 Å². The third-order valence-electron chi connectivity index (χ3n) is 1.36. The summed E-state index contributed by atoms with van der Waals surface area (Å²) in [6.07, 6.45) is 2.87. The van der Waals surface area contributed by atoms with Gasteiger partial charge in [0, 0.05) is 17.7 Å². The third kappa shape index (κ3) is 1.90. The summed E-state index contributed by atoms with van der Waals surface area (Å²) in [4.78, 5) is 7.44. The molecule has 0 N–H and O–H groups in total. The van der Waals surface area contributed by atoms with E-state index in [-0.39, 0.29) is 5.82 Å². The summed E-state index contributed by atoms with van der Waals surface area (Å²) in [5.74, 6) is 0.104. The summed E-state index contributed by atoms with van der Waals surface area (Å²) < 4.78 is 11.5. The first-order valence-corrected chi connectivity index (χ1v) is 5.92. The van der Waals surface area contributed by atoms with Crippen LogP contribution in [0.4, 0.5) is 0 Å². The fourth-order valence-corrected chi connectivity index (χ4v) is 1.33. The summed E-state index contributed by atoms with van der Waals surface area (Å²) in [7, 11) is -2.28. The van der Waals surface area contributed by atoms with Crippen molar-refractivity contribution in [3.8, 4) is 6.07 Å². The van der Waals surface area contributed by atoms with Gasteiger partial charge in [0.25, 0.3) is 0 Å². The van der Waals surface area contributed by atoms with Gasteiger partial charge in [0.1, 0.15) is 13.2 Å². The van der Waals surface area contributed by atoms with Gasteiger partial charge in [-0.15, -0.1) is 0 Å². The van der Waals surface area contributed by atoms with E-state index in [0.29, 0.717) is 5.30 Å². The summed E-state index contributed by atoms with van der Waals surface area (Å²) >= 11 is 0. The molecule has 5 heteroatoms. The van der Waals surface area contributed by atoms with Crippen molar-refractivity contribution in [2.75, 3.05) is 13.3 Å². The zero-order valence-electron chi connectivity index (χ0n) is 6.85. The van der Waals surface area contributed by atoms with Crippen molar-refractivity contribution in [2.45, 2.75) is 0 Å². The molecule has 62 valence electrons. The maximum Gasteiger partial charge on any atom is 0.232 e. The van der Waals surface area contributed by atoms with E-state index < -0.39 is 7.14 Å². The first-order chi connectivity index (χ1) is 5.54. The fourth-order valence-electron chi connectivity index (χ4n) is 0.657. The smallest absolute Gasteiger partial charge is 0.232 e. The lowest BCUT2D eigenvalue weighted by Crippen LogP contribution is -2.06. The molecule has 0 aromatic carbocycles. The van der Waals surface area contributed by atoms with Crippen LogP contribution in [0.1, 0.15) is 5.82 Å². The van der Waals surface area contributed by atoms with Gasteiger partial charge in [0.05, 0.1) is 0 Å². The highest BCUT2D eigenvalue weighted by atomic mass is 31.2. The van der Waals surface area contributed by atoms with Crippen molar-refractivity contribution in [3.63, 3.8) is 0 Å². The molecule has 4 nitrogen and oxygen atoms in total. The van der Waals surface area contributed by atoms with Crippen LogP contribution in [0.5, 0.6) is 0 Å². The molecule has 0 atom stereocenters. The second-order valence-electron chi connectivity index (χ2n) is 2.73. The Morgan fingerprint density at radius 2 is 1.92 bits per heavy atom. The molecule has 1 aromatic rings. The van der Waals surface area contributed by atoms with Crippen LogP contribution in [0, 0.1) is 11.3 Å². The van der Waals surface area contributed by atoms with Gasteiger partial charge in [-0.1, -0.05) is 0 Å². The normalized spacial score (nSPS) is 10.8. The fraction of sp³-hybridized carbons (Fsp3) is 0.286. The molecule has 0 aliphatic carbocycles. The highest BCUT2D eigenvalue weighted by Gasteiger charge is 2.11. The Kier molecular flexibility index (Phi) is 2.25. The standard InChI is InChI=1S/C7H8N3OP/c1-12(2,11)6-4-9-7(3-8)10-5-6/h4-5H,1-2H3. The molecule has 0 amide bonds. The van der Waals surface area contributed by atoms with E-state index in [1.54, 1.807) is 19.4 Å². The molecule has 0 bridgehead atoms. The predicted octanol–water partition coefficient (Wildman–Crippen LogP) is 0.596. The SMILES string of the molecule is CP(C)(=O)c1cnc(C#N)nc1. The lowest BCUT2D eigenvalue weighted by Gasteiger charge is -2.03. The van der Waals surface area contributed by atoms with Gasteiger partial charge in [0.2, 0.25) is 5.82 Å². The molecule has 0 spiro atoms. The van der Waals surface area contributed by atoms with Crippen molar-refractivity contribution in [1.29, 1.82) is 5.26 Å². The monoisotopic (exact) mass is 181 g/mol. The Morgan fingerprint density at radius 1 is 1.42 bits per heavy atom. The lowest BCUT2D eigenvalue weighted by atomic mass is 10.6. The molecule has 0 saturated carbocycles. The second kappa shape index (κ2) is 3.04. The molecular formula is C7H8N3OP. The van der Waals surface area contributed by atoms with Crippen LogP contribution >= 0.6 is 7.14 Å². The maximum atomic E-state index is 11.5. The van der Waals surface area contributed by atoms with Gasteiger partial charge >= 0.3 is 0 Å². The minimum atomic E-state index is -2.28. The summed E-state index contributed by atoms with van der Waals surface area (Å²) in [5.41, 5.74) is 0. The van der Waals surface area contributed by atoms with E-state index in [0.717, 1.165) is 0 Å². The molecular weight excluding hydrogens is 173 g/mol. The minimum absolute atomic E-state index is 0.104. The molecule has 0 saturated heterocycles. The van der Waals surface area contributed by atoms with Crippen LogP contribution in [-0.2, 0) is 4.57 Å². The highest BCUT2D eigenvalue weighted by Crippen LogP contribution is 2.33. The number of aromatic nitrogens is 2. The molecule has 0 radical (unpaired) electrons. The topological polar surface area (TPSA) is 66.6 Å². The first kappa shape index (κ1) is 8.89. The molecule has 12 heavy (non-hydrogen) atoms. The summed E-state index contributed by atoms with van der Waals surface area (Å²) in [5, 5.41) is 8.99. The maximum absolute atomic E-state index is 11.5. The van der Waals surface area contributed by atoms with E-state index >= 15 is 0 Å². The average molecular weight is 181 g/mol. The highest BCUT2D eigenvalue weighted by molar-refractivity contribution is 7.70. The van der Waals surface area contributed by atoms with E-state index in [1.165, 1.54) is 12.4 Å². The molecule has 0 aliphatic rings. The van der Waals surface area contributed by atoms with E-state index in [4.69, 9.17) is 5.26 Å². The zero-order valence-corrected chi connectivity index (χ0v) is 7.75. The zero-order chi connectivity index (χ0) is 9.19.